The van der Waals surface area contributed by atoms with E-state index in [9.17, 15) is 13.2 Å². The van der Waals surface area contributed by atoms with Gasteiger partial charge in [0.15, 0.2) is 5.69 Å². The van der Waals surface area contributed by atoms with Crippen LogP contribution in [0, 0.1) is 0 Å². The number of rotatable bonds is 2. The Morgan fingerprint density at radius 3 is 2.56 bits per heavy atom. The molecule has 0 aliphatic rings. The van der Waals surface area contributed by atoms with Gasteiger partial charge >= 0.3 is 6.18 Å². The summed E-state index contributed by atoms with van der Waals surface area (Å²) in [7, 11) is 0. The molecule has 0 aliphatic heterocycles. The van der Waals surface area contributed by atoms with Crippen molar-refractivity contribution in [3.63, 3.8) is 0 Å². The second-order valence-electron chi connectivity index (χ2n) is 3.84. The highest BCUT2D eigenvalue weighted by atomic mass is 19.4. The Kier molecular flexibility index (Phi) is 3.02. The van der Waals surface area contributed by atoms with Crippen molar-refractivity contribution in [1.29, 1.82) is 0 Å². The van der Waals surface area contributed by atoms with Gasteiger partial charge in [-0.3, -0.25) is 0 Å². The summed E-state index contributed by atoms with van der Waals surface area (Å²) in [5.74, 6) is 0. The highest BCUT2D eigenvalue weighted by Crippen LogP contribution is 2.35. The highest BCUT2D eigenvalue weighted by molar-refractivity contribution is 5.50. The standard InChI is InChI=1S/C12H12F3N3/c1-2-8-5-3-4-6-10(8)18-11(12(13,14)15)9(16)7-17-18/h3-7H,2,16H2,1H3. The van der Waals surface area contributed by atoms with E-state index in [1.54, 1.807) is 24.3 Å². The molecule has 1 heterocycles. The number of aromatic nitrogens is 2. The van der Waals surface area contributed by atoms with E-state index in [4.69, 9.17) is 5.73 Å². The molecule has 1 aromatic carbocycles. The third-order valence-electron chi connectivity index (χ3n) is 2.67. The monoisotopic (exact) mass is 255 g/mol. The molecule has 0 aliphatic carbocycles. The number of benzene rings is 1. The summed E-state index contributed by atoms with van der Waals surface area (Å²) in [6.45, 7) is 1.87. The molecule has 0 unspecified atom stereocenters. The van der Waals surface area contributed by atoms with E-state index < -0.39 is 11.9 Å². The summed E-state index contributed by atoms with van der Waals surface area (Å²) >= 11 is 0. The van der Waals surface area contributed by atoms with Gasteiger partial charge in [-0.05, 0) is 18.1 Å². The summed E-state index contributed by atoms with van der Waals surface area (Å²) < 4.78 is 39.6. The molecule has 0 radical (unpaired) electrons. The van der Waals surface area contributed by atoms with Gasteiger partial charge in [0.2, 0.25) is 0 Å². The van der Waals surface area contributed by atoms with Gasteiger partial charge in [0.05, 0.1) is 17.6 Å². The fourth-order valence-electron chi connectivity index (χ4n) is 1.84. The van der Waals surface area contributed by atoms with Crippen molar-refractivity contribution in [2.45, 2.75) is 19.5 Å². The molecule has 0 amide bonds. The van der Waals surface area contributed by atoms with Gasteiger partial charge in [-0.15, -0.1) is 0 Å². The van der Waals surface area contributed by atoms with Crippen molar-refractivity contribution >= 4 is 5.69 Å². The molecule has 2 N–H and O–H groups in total. The molecule has 0 atom stereocenters. The maximum Gasteiger partial charge on any atom is 0.435 e. The summed E-state index contributed by atoms with van der Waals surface area (Å²) in [6, 6.07) is 6.82. The van der Waals surface area contributed by atoms with Crippen LogP contribution in [0.25, 0.3) is 5.69 Å². The number of alkyl halides is 3. The Labute approximate surface area is 102 Å². The van der Waals surface area contributed by atoms with Crippen LogP contribution in [0.2, 0.25) is 0 Å². The van der Waals surface area contributed by atoms with Gasteiger partial charge in [-0.1, -0.05) is 25.1 Å². The van der Waals surface area contributed by atoms with Crippen molar-refractivity contribution in [3.05, 3.63) is 41.7 Å². The summed E-state index contributed by atoms with van der Waals surface area (Å²) in [6.07, 6.45) is -2.88. The Morgan fingerprint density at radius 2 is 1.94 bits per heavy atom. The molecule has 96 valence electrons. The highest BCUT2D eigenvalue weighted by Gasteiger charge is 2.38. The van der Waals surface area contributed by atoms with Crippen molar-refractivity contribution in [1.82, 2.24) is 9.78 Å². The fraction of sp³-hybridized carbons (Fsp3) is 0.250. The minimum Gasteiger partial charge on any atom is -0.396 e. The SMILES string of the molecule is CCc1ccccc1-n1ncc(N)c1C(F)(F)F. The number of anilines is 1. The lowest BCUT2D eigenvalue weighted by molar-refractivity contribution is -0.142. The van der Waals surface area contributed by atoms with Gasteiger partial charge in [-0.25, -0.2) is 4.68 Å². The van der Waals surface area contributed by atoms with E-state index in [2.05, 4.69) is 5.10 Å². The number of nitrogens with zero attached hydrogens (tertiary/aromatic N) is 2. The molecule has 0 spiro atoms. The van der Waals surface area contributed by atoms with E-state index >= 15 is 0 Å². The number of nitrogen functional groups attached to an aromatic ring is 1. The fourth-order valence-corrected chi connectivity index (χ4v) is 1.84. The second kappa shape index (κ2) is 4.36. The van der Waals surface area contributed by atoms with Crippen molar-refractivity contribution in [2.24, 2.45) is 0 Å². The van der Waals surface area contributed by atoms with Crippen LogP contribution < -0.4 is 5.73 Å². The Morgan fingerprint density at radius 1 is 1.28 bits per heavy atom. The number of nitrogens with two attached hydrogens (primary N) is 1. The molecular formula is C12H12F3N3. The third-order valence-corrected chi connectivity index (χ3v) is 2.67. The normalized spacial score (nSPS) is 11.8. The largest absolute Gasteiger partial charge is 0.435 e. The van der Waals surface area contributed by atoms with Crippen LogP contribution in [-0.4, -0.2) is 9.78 Å². The molecule has 2 aromatic rings. The van der Waals surface area contributed by atoms with E-state index in [1.807, 2.05) is 6.92 Å². The molecule has 0 fully saturated rings. The van der Waals surface area contributed by atoms with Crippen LogP contribution in [0.4, 0.5) is 18.9 Å². The number of para-hydroxylation sites is 1. The van der Waals surface area contributed by atoms with Crippen LogP contribution >= 0.6 is 0 Å². The van der Waals surface area contributed by atoms with Crippen LogP contribution in [0.5, 0.6) is 0 Å². The average molecular weight is 255 g/mol. The lowest BCUT2D eigenvalue weighted by Gasteiger charge is -2.13. The first-order chi connectivity index (χ1) is 8.45. The van der Waals surface area contributed by atoms with Crippen molar-refractivity contribution in [2.75, 3.05) is 5.73 Å². The van der Waals surface area contributed by atoms with E-state index in [0.717, 1.165) is 16.4 Å². The van der Waals surface area contributed by atoms with Gasteiger partial charge < -0.3 is 5.73 Å². The molecule has 6 heteroatoms. The quantitative estimate of drug-likeness (QED) is 0.896. The van der Waals surface area contributed by atoms with Gasteiger partial charge in [0.1, 0.15) is 0 Å². The number of halogens is 3. The molecule has 2 rings (SSSR count). The zero-order chi connectivity index (χ0) is 13.3. The molecule has 3 nitrogen and oxygen atoms in total. The molecule has 18 heavy (non-hydrogen) atoms. The van der Waals surface area contributed by atoms with Crippen LogP contribution in [-0.2, 0) is 12.6 Å². The summed E-state index contributed by atoms with van der Waals surface area (Å²) in [5.41, 5.74) is 5.25. The van der Waals surface area contributed by atoms with E-state index in [-0.39, 0.29) is 5.69 Å². The lowest BCUT2D eigenvalue weighted by atomic mass is 10.1. The molecule has 0 bridgehead atoms. The predicted molar refractivity (Wildman–Crippen MR) is 62.4 cm³/mol. The maximum absolute atomic E-state index is 12.9. The van der Waals surface area contributed by atoms with Crippen molar-refractivity contribution in [3.8, 4) is 5.69 Å². The zero-order valence-corrected chi connectivity index (χ0v) is 9.70. The minimum atomic E-state index is -4.53. The number of hydrogen-bond acceptors (Lipinski definition) is 2. The molecule has 0 saturated carbocycles. The second-order valence-corrected chi connectivity index (χ2v) is 3.84. The van der Waals surface area contributed by atoms with Crippen LogP contribution in [0.3, 0.4) is 0 Å². The van der Waals surface area contributed by atoms with Gasteiger partial charge in [0.25, 0.3) is 0 Å². The smallest absolute Gasteiger partial charge is 0.396 e. The topological polar surface area (TPSA) is 43.8 Å². The summed E-state index contributed by atoms with van der Waals surface area (Å²) in [5, 5.41) is 3.73. The Hall–Kier alpha value is -1.98. The predicted octanol–water partition coefficient (Wildman–Crippen LogP) is 3.04. The Bertz CT molecular complexity index is 558. The van der Waals surface area contributed by atoms with Gasteiger partial charge in [0, 0.05) is 0 Å². The van der Waals surface area contributed by atoms with Crippen LogP contribution in [0.15, 0.2) is 30.5 Å². The third kappa shape index (κ3) is 2.05. The van der Waals surface area contributed by atoms with E-state index in [1.165, 1.54) is 0 Å². The maximum atomic E-state index is 12.9. The average Bonchev–Trinajstić information content (AvgIpc) is 2.70. The lowest BCUT2D eigenvalue weighted by Crippen LogP contribution is -2.16. The van der Waals surface area contributed by atoms with Crippen molar-refractivity contribution < 1.29 is 13.2 Å². The van der Waals surface area contributed by atoms with Gasteiger partial charge in [-0.2, -0.15) is 18.3 Å². The first-order valence-electron chi connectivity index (χ1n) is 5.44. The molecule has 1 aromatic heterocycles. The zero-order valence-electron chi connectivity index (χ0n) is 9.70. The Balaban J connectivity index is 2.65. The minimum absolute atomic E-state index is 0.367. The van der Waals surface area contributed by atoms with Crippen LogP contribution in [0.1, 0.15) is 18.2 Å². The molecular weight excluding hydrogens is 243 g/mol. The van der Waals surface area contributed by atoms with E-state index in [0.29, 0.717) is 12.1 Å². The number of hydrogen-bond donors (Lipinski definition) is 1. The first-order valence-corrected chi connectivity index (χ1v) is 5.44. The first kappa shape index (κ1) is 12.5. The summed E-state index contributed by atoms with van der Waals surface area (Å²) in [4.78, 5) is 0. The number of aryl methyl sites for hydroxylation is 1. The molecule has 0 saturated heterocycles.